The molecule has 0 aliphatic rings. The van der Waals surface area contributed by atoms with Gasteiger partial charge in [0.2, 0.25) is 0 Å². The lowest BCUT2D eigenvalue weighted by molar-refractivity contribution is -0.122. The normalized spacial score (nSPS) is 11.7. The molecule has 0 bridgehead atoms. The summed E-state index contributed by atoms with van der Waals surface area (Å²) in [5.41, 5.74) is 6.93. The van der Waals surface area contributed by atoms with Crippen molar-refractivity contribution in [1.82, 2.24) is 0 Å². The molecule has 0 radical (unpaired) electrons. The van der Waals surface area contributed by atoms with Crippen molar-refractivity contribution in [3.8, 4) is 5.75 Å². The third-order valence-electron chi connectivity index (χ3n) is 2.65. The highest BCUT2D eigenvalue weighted by Gasteiger charge is 2.14. The molecule has 2 aromatic carbocycles. The highest BCUT2D eigenvalue weighted by molar-refractivity contribution is 14.1. The first-order chi connectivity index (χ1) is 9.54. The van der Waals surface area contributed by atoms with Gasteiger partial charge >= 0.3 is 0 Å². The highest BCUT2D eigenvalue weighted by atomic mass is 127. The van der Waals surface area contributed by atoms with Crippen LogP contribution in [0.3, 0.4) is 0 Å². The molecule has 104 valence electrons. The average Bonchev–Trinajstić information content (AvgIpc) is 2.41. The van der Waals surface area contributed by atoms with Crippen LogP contribution in [0.5, 0.6) is 5.75 Å². The second-order valence-electron chi connectivity index (χ2n) is 4.33. The first-order valence-electron chi connectivity index (χ1n) is 6.13. The summed E-state index contributed by atoms with van der Waals surface area (Å²) in [4.78, 5) is 12.0. The van der Waals surface area contributed by atoms with E-state index in [1.807, 2.05) is 24.3 Å². The number of hydrogen-bond acceptors (Lipinski definition) is 3. The van der Waals surface area contributed by atoms with E-state index in [4.69, 9.17) is 10.5 Å². The molecule has 4 nitrogen and oxygen atoms in total. The maximum atomic E-state index is 12.0. The van der Waals surface area contributed by atoms with Gasteiger partial charge in [-0.15, -0.1) is 0 Å². The quantitative estimate of drug-likeness (QED) is 0.630. The Bertz CT molecular complexity index is 599. The van der Waals surface area contributed by atoms with Crippen LogP contribution in [-0.4, -0.2) is 12.0 Å². The summed E-state index contributed by atoms with van der Waals surface area (Å²) < 4.78 is 6.70. The molecule has 1 unspecified atom stereocenters. The third kappa shape index (κ3) is 4.12. The fraction of sp³-hybridized carbons (Fsp3) is 0.133. The molecule has 0 aliphatic heterocycles. The smallest absolute Gasteiger partial charge is 0.265 e. The van der Waals surface area contributed by atoms with Crippen LogP contribution in [0.4, 0.5) is 11.4 Å². The third-order valence-corrected chi connectivity index (χ3v) is 3.37. The van der Waals surface area contributed by atoms with Gasteiger partial charge in [-0.05, 0) is 72.0 Å². The molecular weight excluding hydrogens is 367 g/mol. The van der Waals surface area contributed by atoms with E-state index < -0.39 is 6.10 Å². The largest absolute Gasteiger partial charge is 0.481 e. The summed E-state index contributed by atoms with van der Waals surface area (Å²) >= 11 is 2.21. The van der Waals surface area contributed by atoms with Gasteiger partial charge in [-0.25, -0.2) is 0 Å². The van der Waals surface area contributed by atoms with E-state index in [1.165, 1.54) is 0 Å². The number of rotatable bonds is 4. The molecule has 0 fully saturated rings. The first-order valence-corrected chi connectivity index (χ1v) is 7.21. The summed E-state index contributed by atoms with van der Waals surface area (Å²) in [5, 5.41) is 2.77. The van der Waals surface area contributed by atoms with Gasteiger partial charge in [0.25, 0.3) is 5.91 Å². The van der Waals surface area contributed by atoms with Gasteiger partial charge in [-0.1, -0.05) is 6.07 Å². The van der Waals surface area contributed by atoms with Gasteiger partial charge in [-0.3, -0.25) is 4.79 Å². The van der Waals surface area contributed by atoms with Crippen LogP contribution >= 0.6 is 22.6 Å². The number of hydrogen-bond donors (Lipinski definition) is 2. The molecule has 0 saturated heterocycles. The summed E-state index contributed by atoms with van der Waals surface area (Å²) in [5.74, 6) is 0.454. The minimum absolute atomic E-state index is 0.214. The van der Waals surface area contributed by atoms with E-state index in [-0.39, 0.29) is 5.91 Å². The number of halogens is 1. The lowest BCUT2D eigenvalue weighted by atomic mass is 10.2. The standard InChI is InChI=1S/C15H15IN2O2/c1-10(20-14-7-5-11(16)6-8-14)15(19)18-13-4-2-3-12(17)9-13/h2-10H,17H2,1H3,(H,18,19). The Morgan fingerprint density at radius 2 is 1.95 bits per heavy atom. The monoisotopic (exact) mass is 382 g/mol. The number of amides is 1. The zero-order valence-corrected chi connectivity index (χ0v) is 13.1. The van der Waals surface area contributed by atoms with Gasteiger partial charge in [0, 0.05) is 14.9 Å². The zero-order chi connectivity index (χ0) is 14.5. The summed E-state index contributed by atoms with van der Waals surface area (Å²) in [6, 6.07) is 14.6. The number of nitrogens with two attached hydrogens (primary N) is 1. The molecule has 0 heterocycles. The molecule has 2 rings (SSSR count). The number of anilines is 2. The van der Waals surface area contributed by atoms with Crippen molar-refractivity contribution in [1.29, 1.82) is 0 Å². The van der Waals surface area contributed by atoms with E-state index in [1.54, 1.807) is 31.2 Å². The van der Waals surface area contributed by atoms with Crippen LogP contribution in [0.1, 0.15) is 6.92 Å². The van der Waals surface area contributed by atoms with Crippen LogP contribution in [0, 0.1) is 3.57 Å². The average molecular weight is 382 g/mol. The van der Waals surface area contributed by atoms with Gasteiger partial charge in [0.05, 0.1) is 0 Å². The van der Waals surface area contributed by atoms with Gasteiger partial charge in [0.15, 0.2) is 6.10 Å². The number of ether oxygens (including phenoxy) is 1. The van der Waals surface area contributed by atoms with Crippen LogP contribution in [0.15, 0.2) is 48.5 Å². The van der Waals surface area contributed by atoms with E-state index >= 15 is 0 Å². The summed E-state index contributed by atoms with van der Waals surface area (Å²) in [6.07, 6.45) is -0.587. The second kappa shape index (κ2) is 6.60. The van der Waals surface area contributed by atoms with Crippen molar-refractivity contribution < 1.29 is 9.53 Å². The molecule has 3 N–H and O–H groups in total. The van der Waals surface area contributed by atoms with Crippen LogP contribution < -0.4 is 15.8 Å². The highest BCUT2D eigenvalue weighted by Crippen LogP contribution is 2.16. The SMILES string of the molecule is CC(Oc1ccc(I)cc1)C(=O)Nc1cccc(N)c1. The van der Waals surface area contributed by atoms with E-state index in [2.05, 4.69) is 27.9 Å². The number of nitrogens with one attached hydrogen (secondary N) is 1. The van der Waals surface area contributed by atoms with Crippen LogP contribution in [0.2, 0.25) is 0 Å². The van der Waals surface area contributed by atoms with Gasteiger partial charge < -0.3 is 15.8 Å². The molecule has 0 aliphatic carbocycles. The van der Waals surface area contributed by atoms with E-state index in [0.29, 0.717) is 17.1 Å². The number of benzene rings is 2. The Kier molecular flexibility index (Phi) is 4.84. The van der Waals surface area contributed by atoms with Crippen molar-refractivity contribution >= 4 is 39.9 Å². The van der Waals surface area contributed by atoms with Crippen LogP contribution in [-0.2, 0) is 4.79 Å². The molecule has 0 spiro atoms. The maximum absolute atomic E-state index is 12.0. The topological polar surface area (TPSA) is 64.3 Å². The zero-order valence-electron chi connectivity index (χ0n) is 11.0. The lowest BCUT2D eigenvalue weighted by Gasteiger charge is -2.15. The van der Waals surface area contributed by atoms with E-state index in [9.17, 15) is 4.79 Å². The molecule has 1 amide bonds. The molecule has 0 saturated carbocycles. The maximum Gasteiger partial charge on any atom is 0.265 e. The molecule has 5 heteroatoms. The fourth-order valence-corrected chi connectivity index (χ4v) is 1.99. The molecule has 0 aromatic heterocycles. The van der Waals surface area contributed by atoms with Crippen LogP contribution in [0.25, 0.3) is 0 Å². The minimum Gasteiger partial charge on any atom is -0.481 e. The van der Waals surface area contributed by atoms with E-state index in [0.717, 1.165) is 3.57 Å². The first kappa shape index (κ1) is 14.6. The van der Waals surface area contributed by atoms with Crippen molar-refractivity contribution in [2.75, 3.05) is 11.1 Å². The second-order valence-corrected chi connectivity index (χ2v) is 5.57. The summed E-state index contributed by atoms with van der Waals surface area (Å²) in [6.45, 7) is 1.71. The Balaban J connectivity index is 1.96. The van der Waals surface area contributed by atoms with Crippen molar-refractivity contribution in [3.05, 3.63) is 52.1 Å². The number of nitrogen functional groups attached to an aromatic ring is 1. The Hall–Kier alpha value is -1.76. The number of carbonyl (C=O) groups is 1. The Labute approximate surface area is 131 Å². The van der Waals surface area contributed by atoms with Crippen molar-refractivity contribution in [3.63, 3.8) is 0 Å². The molecule has 20 heavy (non-hydrogen) atoms. The van der Waals surface area contributed by atoms with Gasteiger partial charge in [-0.2, -0.15) is 0 Å². The minimum atomic E-state index is -0.587. The van der Waals surface area contributed by atoms with Gasteiger partial charge in [0.1, 0.15) is 5.75 Å². The number of carbonyl (C=O) groups excluding carboxylic acids is 1. The molecule has 2 aromatic rings. The predicted octanol–water partition coefficient (Wildman–Crippen LogP) is 3.28. The van der Waals surface area contributed by atoms with Crippen molar-refractivity contribution in [2.45, 2.75) is 13.0 Å². The molecule has 1 atom stereocenters. The summed E-state index contributed by atoms with van der Waals surface area (Å²) in [7, 11) is 0. The Morgan fingerprint density at radius 1 is 1.25 bits per heavy atom. The Morgan fingerprint density at radius 3 is 2.60 bits per heavy atom. The lowest BCUT2D eigenvalue weighted by Crippen LogP contribution is -2.30. The predicted molar refractivity (Wildman–Crippen MR) is 88.7 cm³/mol. The molecular formula is C15H15IN2O2. The van der Waals surface area contributed by atoms with Crippen molar-refractivity contribution in [2.24, 2.45) is 0 Å². The fourth-order valence-electron chi connectivity index (χ4n) is 1.63.